The number of carbonyl (C=O) groups excluding carboxylic acids is 1. The number of sulfonamides is 1. The van der Waals surface area contributed by atoms with E-state index in [2.05, 4.69) is 21.2 Å². The van der Waals surface area contributed by atoms with Crippen LogP contribution in [-0.2, 0) is 19.6 Å². The van der Waals surface area contributed by atoms with Gasteiger partial charge in [-0.05, 0) is 40.9 Å². The highest BCUT2D eigenvalue weighted by atomic mass is 79.9. The molecule has 9 heteroatoms. The van der Waals surface area contributed by atoms with Crippen LogP contribution in [0.1, 0.15) is 12.8 Å². The van der Waals surface area contributed by atoms with Crippen LogP contribution in [0, 0.1) is 0 Å². The SMILES string of the molecule is COCC(=O)NC1CCN(S(=O)(=O)c2ccc(Br)s2)CC1. The zero-order chi connectivity index (χ0) is 15.5. The standard InChI is InChI=1S/C12H17BrN2O4S2/c1-19-8-11(16)14-9-4-6-15(7-5-9)21(17,18)12-3-2-10(13)20-12/h2-3,9H,4-8H2,1H3,(H,14,16). The fourth-order valence-corrected chi connectivity index (χ4v) is 5.84. The number of nitrogens with zero attached hydrogens (tertiary/aromatic N) is 1. The van der Waals surface area contributed by atoms with E-state index in [0.717, 1.165) is 3.79 Å². The Morgan fingerprint density at radius 2 is 2.14 bits per heavy atom. The van der Waals surface area contributed by atoms with Crippen molar-refractivity contribution in [2.45, 2.75) is 23.1 Å². The number of hydrogen-bond donors (Lipinski definition) is 1. The molecule has 2 rings (SSSR count). The van der Waals surface area contributed by atoms with E-state index in [0.29, 0.717) is 30.1 Å². The van der Waals surface area contributed by atoms with Gasteiger partial charge < -0.3 is 10.1 Å². The molecule has 1 aromatic rings. The predicted octanol–water partition coefficient (Wildman–Crippen LogP) is 1.43. The molecular weight excluding hydrogens is 380 g/mol. The summed E-state index contributed by atoms with van der Waals surface area (Å²) in [7, 11) is -1.95. The lowest BCUT2D eigenvalue weighted by molar-refractivity contribution is -0.125. The number of carbonyl (C=O) groups is 1. The van der Waals surface area contributed by atoms with Gasteiger partial charge in [-0.15, -0.1) is 11.3 Å². The summed E-state index contributed by atoms with van der Waals surface area (Å²) in [5.74, 6) is -0.166. The van der Waals surface area contributed by atoms with Gasteiger partial charge in [-0.25, -0.2) is 8.42 Å². The van der Waals surface area contributed by atoms with Gasteiger partial charge >= 0.3 is 0 Å². The number of methoxy groups -OCH3 is 1. The molecule has 6 nitrogen and oxygen atoms in total. The van der Waals surface area contributed by atoms with Crippen molar-refractivity contribution < 1.29 is 17.9 Å². The maximum atomic E-state index is 12.4. The molecule has 1 fully saturated rings. The zero-order valence-electron chi connectivity index (χ0n) is 11.5. The number of thiophene rings is 1. The first-order chi connectivity index (χ1) is 9.93. The number of nitrogens with one attached hydrogen (secondary N) is 1. The molecule has 0 radical (unpaired) electrons. The summed E-state index contributed by atoms with van der Waals surface area (Å²) in [5.41, 5.74) is 0. The smallest absolute Gasteiger partial charge is 0.252 e. The molecule has 1 aliphatic heterocycles. The van der Waals surface area contributed by atoms with Crippen molar-refractivity contribution in [2.75, 3.05) is 26.8 Å². The Labute approximate surface area is 136 Å². The molecule has 0 atom stereocenters. The normalized spacial score (nSPS) is 17.8. The van der Waals surface area contributed by atoms with Gasteiger partial charge in [0.25, 0.3) is 10.0 Å². The molecule has 1 amide bonds. The van der Waals surface area contributed by atoms with Crippen molar-refractivity contribution in [3.05, 3.63) is 15.9 Å². The molecule has 1 aromatic heterocycles. The Kier molecular flexibility index (Phi) is 5.78. The van der Waals surface area contributed by atoms with E-state index < -0.39 is 10.0 Å². The molecule has 0 aromatic carbocycles. The third-order valence-electron chi connectivity index (χ3n) is 3.24. The Bertz CT molecular complexity index is 594. The van der Waals surface area contributed by atoms with Crippen molar-refractivity contribution in [3.63, 3.8) is 0 Å². The number of ether oxygens (including phenoxy) is 1. The second kappa shape index (κ2) is 7.19. The molecule has 0 unspecified atom stereocenters. The molecule has 0 saturated carbocycles. The van der Waals surface area contributed by atoms with E-state index in [9.17, 15) is 13.2 Å². The second-order valence-electron chi connectivity index (χ2n) is 4.74. The topological polar surface area (TPSA) is 75.7 Å². The number of piperidine rings is 1. The molecule has 21 heavy (non-hydrogen) atoms. The summed E-state index contributed by atoms with van der Waals surface area (Å²) in [6, 6.07) is 3.35. The van der Waals surface area contributed by atoms with Crippen LogP contribution < -0.4 is 5.32 Å². The minimum Gasteiger partial charge on any atom is -0.375 e. The average molecular weight is 397 g/mol. The molecule has 0 bridgehead atoms. The van der Waals surface area contributed by atoms with Gasteiger partial charge in [0, 0.05) is 26.2 Å². The first kappa shape index (κ1) is 16.9. The van der Waals surface area contributed by atoms with Gasteiger partial charge in [0.15, 0.2) is 0 Å². The maximum absolute atomic E-state index is 12.4. The van der Waals surface area contributed by atoms with Crippen molar-refractivity contribution in [3.8, 4) is 0 Å². The number of amides is 1. The fraction of sp³-hybridized carbons (Fsp3) is 0.583. The van der Waals surface area contributed by atoms with Crippen molar-refractivity contribution in [2.24, 2.45) is 0 Å². The van der Waals surface area contributed by atoms with Crippen LogP contribution >= 0.6 is 27.3 Å². The third kappa shape index (κ3) is 4.26. The molecular formula is C12H17BrN2O4S2. The van der Waals surface area contributed by atoms with Gasteiger partial charge in [0.05, 0.1) is 3.79 Å². The van der Waals surface area contributed by atoms with Gasteiger partial charge in [-0.1, -0.05) is 0 Å². The monoisotopic (exact) mass is 396 g/mol. The highest BCUT2D eigenvalue weighted by Crippen LogP contribution is 2.29. The van der Waals surface area contributed by atoms with Crippen LogP contribution in [0.4, 0.5) is 0 Å². The highest BCUT2D eigenvalue weighted by Gasteiger charge is 2.30. The first-order valence-corrected chi connectivity index (χ1v) is 9.52. The summed E-state index contributed by atoms with van der Waals surface area (Å²) >= 11 is 4.48. The van der Waals surface area contributed by atoms with Gasteiger partial charge in [0.1, 0.15) is 10.8 Å². The summed E-state index contributed by atoms with van der Waals surface area (Å²) in [4.78, 5) is 11.4. The summed E-state index contributed by atoms with van der Waals surface area (Å²) in [6.45, 7) is 0.854. The second-order valence-corrected chi connectivity index (χ2v) is 9.37. The number of rotatable bonds is 5. The molecule has 1 saturated heterocycles. The van der Waals surface area contributed by atoms with Crippen LogP contribution in [0.15, 0.2) is 20.1 Å². The number of hydrogen-bond acceptors (Lipinski definition) is 5. The minimum absolute atomic E-state index is 0.00849. The quantitative estimate of drug-likeness (QED) is 0.816. The Hall–Kier alpha value is -0.480. The molecule has 0 aliphatic carbocycles. The van der Waals surface area contributed by atoms with Crippen molar-refractivity contribution in [1.82, 2.24) is 9.62 Å². The maximum Gasteiger partial charge on any atom is 0.252 e. The van der Waals surface area contributed by atoms with Crippen molar-refractivity contribution >= 4 is 43.2 Å². The van der Waals surface area contributed by atoms with E-state index in [1.54, 1.807) is 12.1 Å². The van der Waals surface area contributed by atoms with E-state index in [1.807, 2.05) is 0 Å². The third-order valence-corrected chi connectivity index (χ3v) is 7.23. The highest BCUT2D eigenvalue weighted by molar-refractivity contribution is 9.11. The summed E-state index contributed by atoms with van der Waals surface area (Å²) < 4.78 is 32.3. The van der Waals surface area contributed by atoms with E-state index in [4.69, 9.17) is 4.74 Å². The van der Waals surface area contributed by atoms with Crippen molar-refractivity contribution in [1.29, 1.82) is 0 Å². The van der Waals surface area contributed by atoms with Crippen LogP contribution in [0.2, 0.25) is 0 Å². The van der Waals surface area contributed by atoms with Crippen LogP contribution in [0.3, 0.4) is 0 Å². The molecule has 2 heterocycles. The van der Waals surface area contributed by atoms with Gasteiger partial charge in [-0.3, -0.25) is 4.79 Å². The lowest BCUT2D eigenvalue weighted by Gasteiger charge is -2.31. The van der Waals surface area contributed by atoms with Crippen LogP contribution in [0.25, 0.3) is 0 Å². The lowest BCUT2D eigenvalue weighted by atomic mass is 10.1. The van der Waals surface area contributed by atoms with E-state index in [-0.39, 0.29) is 18.6 Å². The first-order valence-electron chi connectivity index (χ1n) is 6.47. The largest absolute Gasteiger partial charge is 0.375 e. The molecule has 0 spiro atoms. The summed E-state index contributed by atoms with van der Waals surface area (Å²) in [5, 5.41) is 2.85. The number of halogens is 1. The Morgan fingerprint density at radius 3 is 2.67 bits per heavy atom. The van der Waals surface area contributed by atoms with E-state index >= 15 is 0 Å². The molecule has 1 N–H and O–H groups in total. The molecule has 118 valence electrons. The fourth-order valence-electron chi connectivity index (χ4n) is 2.20. The molecule has 1 aliphatic rings. The van der Waals surface area contributed by atoms with E-state index in [1.165, 1.54) is 22.8 Å². The minimum atomic E-state index is -3.42. The van der Waals surface area contributed by atoms with Gasteiger partial charge in [-0.2, -0.15) is 4.31 Å². The summed E-state index contributed by atoms with van der Waals surface area (Å²) in [6.07, 6.45) is 1.22. The van der Waals surface area contributed by atoms with Crippen LogP contribution in [0.5, 0.6) is 0 Å². The zero-order valence-corrected chi connectivity index (χ0v) is 14.8. The van der Waals surface area contributed by atoms with Gasteiger partial charge in [0.2, 0.25) is 5.91 Å². The van der Waals surface area contributed by atoms with Crippen LogP contribution in [-0.4, -0.2) is 51.5 Å². The predicted molar refractivity (Wildman–Crippen MR) is 83.8 cm³/mol. The average Bonchev–Trinajstić information content (AvgIpc) is 2.87. The lowest BCUT2D eigenvalue weighted by Crippen LogP contribution is -2.47. The Balaban J connectivity index is 1.93. The Morgan fingerprint density at radius 1 is 1.48 bits per heavy atom.